The first kappa shape index (κ1) is 22.8. The van der Waals surface area contributed by atoms with Crippen molar-refractivity contribution in [3.8, 4) is 5.88 Å². The van der Waals surface area contributed by atoms with Gasteiger partial charge in [-0.15, -0.1) is 0 Å². The molecule has 0 atom stereocenters. The Kier molecular flexibility index (Phi) is 6.33. The van der Waals surface area contributed by atoms with E-state index in [9.17, 15) is 0 Å². The SMILES string of the molecule is CC(C)Oc1cc(C(=N)c2ccnc(N3CCN(Cc4cnn5ccccc45)CC3)c2)c(N)cn1. The van der Waals surface area contributed by atoms with Crippen LogP contribution in [-0.4, -0.2) is 62.5 Å². The van der Waals surface area contributed by atoms with E-state index in [4.69, 9.17) is 15.9 Å². The fraction of sp³-hybridized carbons (Fsp3) is 0.308. The average Bonchev–Trinajstić information content (AvgIpc) is 3.28. The number of hydrogen-bond acceptors (Lipinski definition) is 8. The van der Waals surface area contributed by atoms with E-state index in [1.165, 1.54) is 5.56 Å². The molecule has 5 rings (SSSR count). The molecular weight excluding hydrogens is 440 g/mol. The molecule has 180 valence electrons. The smallest absolute Gasteiger partial charge is 0.214 e. The lowest BCUT2D eigenvalue weighted by molar-refractivity contribution is 0.232. The number of nitrogen functional groups attached to an aromatic ring is 1. The Balaban J connectivity index is 1.26. The van der Waals surface area contributed by atoms with Crippen LogP contribution < -0.4 is 15.4 Å². The van der Waals surface area contributed by atoms with Crippen molar-refractivity contribution in [2.45, 2.75) is 26.5 Å². The van der Waals surface area contributed by atoms with Gasteiger partial charge in [0.15, 0.2) is 0 Å². The molecule has 0 spiro atoms. The topological polar surface area (TPSA) is 109 Å². The van der Waals surface area contributed by atoms with E-state index in [-0.39, 0.29) is 6.10 Å². The number of nitrogens with zero attached hydrogens (tertiary/aromatic N) is 6. The van der Waals surface area contributed by atoms with Crippen LogP contribution in [0.1, 0.15) is 30.5 Å². The summed E-state index contributed by atoms with van der Waals surface area (Å²) in [5.41, 5.74) is 10.7. The van der Waals surface area contributed by atoms with Crippen molar-refractivity contribution in [3.05, 3.63) is 77.9 Å². The maximum absolute atomic E-state index is 8.78. The standard InChI is InChI=1S/C26H30N8O/c1-18(2)35-25-14-21(22(27)16-30-25)26(28)19-6-7-29-24(13-19)33-11-9-32(10-12-33)17-20-15-31-34-8-4-3-5-23(20)34/h3-8,13-16,18,28H,9-12,17,27H2,1-2H3. The largest absolute Gasteiger partial charge is 0.475 e. The molecule has 5 heterocycles. The second kappa shape index (κ2) is 9.71. The minimum absolute atomic E-state index is 0.00722. The van der Waals surface area contributed by atoms with Crippen molar-refractivity contribution in [1.82, 2.24) is 24.5 Å². The third-order valence-corrected chi connectivity index (χ3v) is 6.17. The van der Waals surface area contributed by atoms with Crippen molar-refractivity contribution in [1.29, 1.82) is 5.41 Å². The van der Waals surface area contributed by atoms with E-state index >= 15 is 0 Å². The fourth-order valence-corrected chi connectivity index (χ4v) is 4.36. The second-order valence-corrected chi connectivity index (χ2v) is 9.02. The summed E-state index contributed by atoms with van der Waals surface area (Å²) in [6.45, 7) is 8.36. The molecule has 0 saturated carbocycles. The Morgan fingerprint density at radius 2 is 1.91 bits per heavy atom. The first-order valence-electron chi connectivity index (χ1n) is 11.8. The number of rotatable bonds is 7. The summed E-state index contributed by atoms with van der Waals surface area (Å²) in [6.07, 6.45) is 7.23. The molecule has 4 aromatic rings. The molecule has 1 aliphatic heterocycles. The molecule has 1 saturated heterocycles. The highest BCUT2D eigenvalue weighted by Crippen LogP contribution is 2.23. The predicted octanol–water partition coefficient (Wildman–Crippen LogP) is 3.23. The fourth-order valence-electron chi connectivity index (χ4n) is 4.36. The van der Waals surface area contributed by atoms with Gasteiger partial charge in [0.25, 0.3) is 0 Å². The number of nitrogens with two attached hydrogens (primary N) is 1. The molecular formula is C26H30N8O. The quantitative estimate of drug-likeness (QED) is 0.399. The number of aromatic nitrogens is 4. The minimum atomic E-state index is -0.00722. The summed E-state index contributed by atoms with van der Waals surface area (Å²) in [5.74, 6) is 1.33. The highest BCUT2D eigenvalue weighted by Gasteiger charge is 2.20. The van der Waals surface area contributed by atoms with Crippen LogP contribution in [0, 0.1) is 5.41 Å². The summed E-state index contributed by atoms with van der Waals surface area (Å²) in [4.78, 5) is 13.5. The van der Waals surface area contributed by atoms with Crippen molar-refractivity contribution >= 4 is 22.7 Å². The monoisotopic (exact) mass is 470 g/mol. The van der Waals surface area contributed by atoms with Crippen molar-refractivity contribution in [3.63, 3.8) is 0 Å². The molecule has 0 radical (unpaired) electrons. The molecule has 0 aromatic carbocycles. The highest BCUT2D eigenvalue weighted by molar-refractivity contribution is 6.14. The first-order valence-corrected chi connectivity index (χ1v) is 11.8. The third-order valence-electron chi connectivity index (χ3n) is 6.17. The van der Waals surface area contributed by atoms with Gasteiger partial charge in [0.1, 0.15) is 5.82 Å². The van der Waals surface area contributed by atoms with Gasteiger partial charge in [-0.05, 0) is 38.1 Å². The minimum Gasteiger partial charge on any atom is -0.475 e. The second-order valence-electron chi connectivity index (χ2n) is 9.02. The Morgan fingerprint density at radius 3 is 2.71 bits per heavy atom. The van der Waals surface area contributed by atoms with Crippen LogP contribution in [0.5, 0.6) is 5.88 Å². The van der Waals surface area contributed by atoms with Gasteiger partial charge in [-0.25, -0.2) is 14.5 Å². The lowest BCUT2D eigenvalue weighted by atomic mass is 10.0. The van der Waals surface area contributed by atoms with Gasteiger partial charge in [0, 0.05) is 67.9 Å². The van der Waals surface area contributed by atoms with Crippen LogP contribution in [0.25, 0.3) is 5.52 Å². The number of hydrogen-bond donors (Lipinski definition) is 2. The molecule has 4 aromatic heterocycles. The normalized spacial score (nSPS) is 14.5. The molecule has 1 fully saturated rings. The lowest BCUT2D eigenvalue weighted by Gasteiger charge is -2.35. The first-order chi connectivity index (χ1) is 17.0. The predicted molar refractivity (Wildman–Crippen MR) is 137 cm³/mol. The summed E-state index contributed by atoms with van der Waals surface area (Å²) in [7, 11) is 0. The van der Waals surface area contributed by atoms with Crippen molar-refractivity contribution < 1.29 is 4.74 Å². The zero-order valence-corrected chi connectivity index (χ0v) is 20.1. The summed E-state index contributed by atoms with van der Waals surface area (Å²) in [6, 6.07) is 11.7. The van der Waals surface area contributed by atoms with Crippen LogP contribution >= 0.6 is 0 Å². The van der Waals surface area contributed by atoms with Gasteiger partial charge >= 0.3 is 0 Å². The molecule has 9 nitrogen and oxygen atoms in total. The Labute approximate surface area is 204 Å². The number of pyridine rings is 3. The molecule has 9 heteroatoms. The van der Waals surface area contributed by atoms with Crippen LogP contribution in [0.4, 0.5) is 11.5 Å². The van der Waals surface area contributed by atoms with E-state index in [0.717, 1.165) is 49.6 Å². The Hall–Kier alpha value is -3.98. The van der Waals surface area contributed by atoms with E-state index in [1.807, 2.05) is 55.0 Å². The van der Waals surface area contributed by atoms with E-state index in [1.54, 1.807) is 18.5 Å². The summed E-state index contributed by atoms with van der Waals surface area (Å²) >= 11 is 0. The summed E-state index contributed by atoms with van der Waals surface area (Å²) < 4.78 is 7.61. The maximum Gasteiger partial charge on any atom is 0.214 e. The molecule has 0 unspecified atom stereocenters. The molecule has 1 aliphatic rings. The lowest BCUT2D eigenvalue weighted by Crippen LogP contribution is -2.46. The number of ether oxygens (including phenoxy) is 1. The van der Waals surface area contributed by atoms with Gasteiger partial charge in [-0.2, -0.15) is 5.10 Å². The number of anilines is 2. The van der Waals surface area contributed by atoms with Gasteiger partial charge in [0.2, 0.25) is 5.88 Å². The van der Waals surface area contributed by atoms with Crippen LogP contribution in [0.3, 0.4) is 0 Å². The van der Waals surface area contributed by atoms with Gasteiger partial charge < -0.3 is 15.4 Å². The van der Waals surface area contributed by atoms with Crippen molar-refractivity contribution in [2.75, 3.05) is 36.8 Å². The van der Waals surface area contributed by atoms with Gasteiger partial charge in [-0.3, -0.25) is 10.3 Å². The van der Waals surface area contributed by atoms with E-state index in [0.29, 0.717) is 22.8 Å². The highest BCUT2D eigenvalue weighted by atomic mass is 16.5. The molecule has 0 bridgehead atoms. The van der Waals surface area contributed by atoms with Crippen LogP contribution in [-0.2, 0) is 6.54 Å². The van der Waals surface area contributed by atoms with Crippen LogP contribution in [0.2, 0.25) is 0 Å². The maximum atomic E-state index is 8.78. The number of piperazine rings is 1. The van der Waals surface area contributed by atoms with Crippen LogP contribution in [0.15, 0.2) is 61.2 Å². The molecule has 35 heavy (non-hydrogen) atoms. The van der Waals surface area contributed by atoms with E-state index in [2.05, 4.69) is 30.9 Å². The van der Waals surface area contributed by atoms with Crippen molar-refractivity contribution in [2.24, 2.45) is 0 Å². The number of nitrogens with one attached hydrogen (secondary N) is 1. The number of fused-ring (bicyclic) bond motifs is 1. The average molecular weight is 471 g/mol. The van der Waals surface area contributed by atoms with Gasteiger partial charge in [0.05, 0.1) is 35.4 Å². The molecule has 3 N–H and O–H groups in total. The van der Waals surface area contributed by atoms with Gasteiger partial charge in [-0.1, -0.05) is 6.07 Å². The Morgan fingerprint density at radius 1 is 1.09 bits per heavy atom. The zero-order valence-electron chi connectivity index (χ0n) is 20.1. The zero-order chi connectivity index (χ0) is 24.4. The molecule has 0 amide bonds. The molecule has 0 aliphatic carbocycles. The third kappa shape index (κ3) is 4.95. The Bertz CT molecular complexity index is 1340. The summed E-state index contributed by atoms with van der Waals surface area (Å²) in [5, 5.41) is 13.2. The van der Waals surface area contributed by atoms with E-state index < -0.39 is 0 Å².